The molecule has 0 unspecified atom stereocenters. The van der Waals surface area contributed by atoms with Crippen LogP contribution in [-0.2, 0) is 13.0 Å². The van der Waals surface area contributed by atoms with Gasteiger partial charge >= 0.3 is 0 Å². The number of rotatable bonds is 12. The summed E-state index contributed by atoms with van der Waals surface area (Å²) < 4.78 is 5.87. The quantitative estimate of drug-likeness (QED) is 0.520. The topological polar surface area (TPSA) is 57.6 Å². The van der Waals surface area contributed by atoms with Crippen LogP contribution in [0.5, 0.6) is 5.75 Å². The summed E-state index contributed by atoms with van der Waals surface area (Å²) in [4.78, 5) is 6.46. The smallest absolute Gasteiger partial charge is 0.119 e. The van der Waals surface area contributed by atoms with Crippen molar-refractivity contribution in [2.24, 2.45) is 0 Å². The molecule has 3 rings (SSSR count). The highest BCUT2D eigenvalue weighted by Crippen LogP contribution is 2.21. The molecule has 1 saturated carbocycles. The van der Waals surface area contributed by atoms with Crippen molar-refractivity contribution in [1.82, 2.24) is 15.2 Å². The van der Waals surface area contributed by atoms with Gasteiger partial charge in [-0.3, -0.25) is 4.98 Å². The minimum Gasteiger partial charge on any atom is -0.491 e. The highest BCUT2D eigenvalue weighted by molar-refractivity contribution is 5.28. The number of aliphatic hydroxyl groups excluding tert-OH is 1. The van der Waals surface area contributed by atoms with E-state index in [0.717, 1.165) is 31.7 Å². The van der Waals surface area contributed by atoms with Crippen LogP contribution in [0.1, 0.15) is 49.7 Å². The highest BCUT2D eigenvalue weighted by atomic mass is 16.5. The van der Waals surface area contributed by atoms with Crippen LogP contribution in [0.4, 0.5) is 0 Å². The zero-order valence-corrected chi connectivity index (χ0v) is 18.3. The number of likely N-dealkylation sites (N-methyl/N-ethyl adjacent to an activating group) is 1. The summed E-state index contributed by atoms with van der Waals surface area (Å²) in [6.07, 6.45) is 11.9. The van der Waals surface area contributed by atoms with E-state index in [0.29, 0.717) is 19.2 Å². The number of hydrogen-bond acceptors (Lipinski definition) is 5. The summed E-state index contributed by atoms with van der Waals surface area (Å²) in [5.41, 5.74) is 2.48. The lowest BCUT2D eigenvalue weighted by Gasteiger charge is -2.32. The van der Waals surface area contributed by atoms with E-state index in [2.05, 4.69) is 40.4 Å². The van der Waals surface area contributed by atoms with Crippen molar-refractivity contribution in [3.63, 3.8) is 0 Å². The van der Waals surface area contributed by atoms with E-state index in [1.165, 1.54) is 43.2 Å². The Morgan fingerprint density at radius 2 is 2.00 bits per heavy atom. The molecule has 1 aliphatic rings. The molecule has 1 atom stereocenters. The molecule has 1 aromatic heterocycles. The Labute approximate surface area is 181 Å². The maximum atomic E-state index is 10.4. The summed E-state index contributed by atoms with van der Waals surface area (Å²) in [5, 5.41) is 13.9. The van der Waals surface area contributed by atoms with Gasteiger partial charge in [0.05, 0.1) is 0 Å². The average molecular weight is 412 g/mol. The fourth-order valence-corrected chi connectivity index (χ4v) is 4.19. The number of benzene rings is 1. The first kappa shape index (κ1) is 22.7. The van der Waals surface area contributed by atoms with E-state index in [9.17, 15) is 5.11 Å². The van der Waals surface area contributed by atoms with Crippen LogP contribution in [0, 0.1) is 0 Å². The van der Waals surface area contributed by atoms with Gasteiger partial charge in [-0.15, -0.1) is 0 Å². The molecule has 5 nitrogen and oxygen atoms in total. The van der Waals surface area contributed by atoms with E-state index in [-0.39, 0.29) is 0 Å². The number of aryl methyl sites for hydroxylation is 1. The van der Waals surface area contributed by atoms with Crippen molar-refractivity contribution in [3.8, 4) is 5.75 Å². The molecular weight excluding hydrogens is 374 g/mol. The highest BCUT2D eigenvalue weighted by Gasteiger charge is 2.20. The van der Waals surface area contributed by atoms with Gasteiger partial charge < -0.3 is 20.1 Å². The zero-order chi connectivity index (χ0) is 21.0. The number of hydrogen-bond donors (Lipinski definition) is 2. The Hall–Kier alpha value is -1.95. The number of nitrogens with one attached hydrogen (secondary N) is 1. The molecule has 0 aliphatic heterocycles. The van der Waals surface area contributed by atoms with E-state index in [1.807, 2.05) is 30.6 Å². The summed E-state index contributed by atoms with van der Waals surface area (Å²) >= 11 is 0. The number of aliphatic hydroxyl groups is 1. The SMILES string of the molecule is CN(C[C@@H](O)COc1cccc(CNCCCc2cccnc2)c1)C1CCCCC1. The van der Waals surface area contributed by atoms with Crippen molar-refractivity contribution in [3.05, 3.63) is 59.9 Å². The van der Waals surface area contributed by atoms with Crippen LogP contribution >= 0.6 is 0 Å². The molecule has 0 spiro atoms. The fraction of sp³-hybridized carbons (Fsp3) is 0.560. The van der Waals surface area contributed by atoms with Crippen LogP contribution in [0.2, 0.25) is 0 Å². The normalized spacial score (nSPS) is 16.0. The van der Waals surface area contributed by atoms with E-state index in [4.69, 9.17) is 4.74 Å². The Balaban J connectivity index is 1.33. The second kappa shape index (κ2) is 12.7. The van der Waals surface area contributed by atoms with Crippen molar-refractivity contribution < 1.29 is 9.84 Å². The van der Waals surface area contributed by atoms with Crippen molar-refractivity contribution in [2.75, 3.05) is 26.7 Å². The van der Waals surface area contributed by atoms with E-state index < -0.39 is 6.10 Å². The minimum atomic E-state index is -0.466. The van der Waals surface area contributed by atoms with Gasteiger partial charge in [-0.05, 0) is 68.6 Å². The van der Waals surface area contributed by atoms with Crippen LogP contribution in [-0.4, -0.2) is 53.9 Å². The molecule has 0 saturated heterocycles. The van der Waals surface area contributed by atoms with Crippen LogP contribution < -0.4 is 10.1 Å². The molecule has 0 bridgehead atoms. The van der Waals surface area contributed by atoms with Gasteiger partial charge in [0.15, 0.2) is 0 Å². The second-order valence-electron chi connectivity index (χ2n) is 8.49. The number of nitrogens with zero attached hydrogens (tertiary/aromatic N) is 2. The molecule has 1 heterocycles. The Kier molecular flexibility index (Phi) is 9.61. The summed E-state index contributed by atoms with van der Waals surface area (Å²) in [6, 6.07) is 12.9. The number of pyridine rings is 1. The third-order valence-electron chi connectivity index (χ3n) is 5.91. The summed E-state index contributed by atoms with van der Waals surface area (Å²) in [5.74, 6) is 0.823. The third kappa shape index (κ3) is 8.05. The van der Waals surface area contributed by atoms with Gasteiger partial charge in [-0.2, -0.15) is 0 Å². The monoisotopic (exact) mass is 411 g/mol. The standard InChI is InChI=1S/C25H37N3O2/c1-28(23-11-3-2-4-12-23)19-24(29)20-30-25-13-5-8-22(16-25)18-27-15-7-10-21-9-6-14-26-17-21/h5-6,8-9,13-14,16-17,23-24,27,29H,2-4,7,10-12,15,18-20H2,1H3/t24-/m1/s1. The zero-order valence-electron chi connectivity index (χ0n) is 18.3. The van der Waals surface area contributed by atoms with Crippen molar-refractivity contribution >= 4 is 0 Å². The molecule has 164 valence electrons. The fourth-order valence-electron chi connectivity index (χ4n) is 4.19. The van der Waals surface area contributed by atoms with Gasteiger partial charge in [0.25, 0.3) is 0 Å². The van der Waals surface area contributed by atoms with Crippen LogP contribution in [0.15, 0.2) is 48.8 Å². The van der Waals surface area contributed by atoms with Gasteiger partial charge in [-0.1, -0.05) is 37.5 Å². The Morgan fingerprint density at radius 3 is 2.80 bits per heavy atom. The molecule has 0 radical (unpaired) electrons. The second-order valence-corrected chi connectivity index (χ2v) is 8.49. The van der Waals surface area contributed by atoms with Crippen molar-refractivity contribution in [1.29, 1.82) is 0 Å². The molecule has 1 aliphatic carbocycles. The molecule has 1 aromatic carbocycles. The average Bonchev–Trinajstić information content (AvgIpc) is 2.79. The maximum Gasteiger partial charge on any atom is 0.119 e. The molecular formula is C25H37N3O2. The molecule has 2 aromatic rings. The van der Waals surface area contributed by atoms with Gasteiger partial charge in [-0.25, -0.2) is 0 Å². The maximum absolute atomic E-state index is 10.4. The number of ether oxygens (including phenoxy) is 1. The minimum absolute atomic E-state index is 0.332. The first-order valence-corrected chi connectivity index (χ1v) is 11.4. The molecule has 30 heavy (non-hydrogen) atoms. The third-order valence-corrected chi connectivity index (χ3v) is 5.91. The lowest BCUT2D eigenvalue weighted by Crippen LogP contribution is -2.40. The molecule has 1 fully saturated rings. The van der Waals surface area contributed by atoms with Crippen LogP contribution in [0.25, 0.3) is 0 Å². The predicted molar refractivity (Wildman–Crippen MR) is 122 cm³/mol. The Morgan fingerprint density at radius 1 is 1.17 bits per heavy atom. The lowest BCUT2D eigenvalue weighted by atomic mass is 9.94. The molecule has 0 amide bonds. The van der Waals surface area contributed by atoms with Gasteiger partial charge in [0.2, 0.25) is 0 Å². The summed E-state index contributed by atoms with van der Waals surface area (Å²) in [7, 11) is 2.12. The molecule has 2 N–H and O–H groups in total. The van der Waals surface area contributed by atoms with E-state index in [1.54, 1.807) is 0 Å². The largest absolute Gasteiger partial charge is 0.491 e. The lowest BCUT2D eigenvalue weighted by molar-refractivity contribution is 0.0561. The van der Waals surface area contributed by atoms with Crippen LogP contribution in [0.3, 0.4) is 0 Å². The molecule has 5 heteroatoms. The first-order valence-electron chi connectivity index (χ1n) is 11.4. The number of aromatic nitrogens is 1. The van der Waals surface area contributed by atoms with Gasteiger partial charge in [0.1, 0.15) is 18.5 Å². The van der Waals surface area contributed by atoms with Gasteiger partial charge in [0, 0.05) is 31.5 Å². The predicted octanol–water partition coefficient (Wildman–Crippen LogP) is 3.81. The Bertz CT molecular complexity index is 719. The first-order chi connectivity index (χ1) is 14.7. The van der Waals surface area contributed by atoms with Crippen molar-refractivity contribution in [2.45, 2.75) is 63.6 Å². The van der Waals surface area contributed by atoms with E-state index >= 15 is 0 Å². The summed E-state index contributed by atoms with van der Waals surface area (Å²) in [6.45, 7) is 2.78.